The van der Waals surface area contributed by atoms with E-state index in [-0.39, 0.29) is 18.8 Å². The lowest BCUT2D eigenvalue weighted by molar-refractivity contribution is -0.143. The molecule has 1 heterocycles. The molecule has 202 valence electrons. The number of para-hydroxylation sites is 1. The molecule has 0 saturated heterocycles. The molecule has 10 nitrogen and oxygen atoms in total. The highest BCUT2D eigenvalue weighted by Gasteiger charge is 2.27. The number of carboxylic acid groups (broad SMARTS) is 1. The predicted molar refractivity (Wildman–Crippen MR) is 144 cm³/mol. The van der Waals surface area contributed by atoms with E-state index in [9.17, 15) is 24.3 Å². The van der Waals surface area contributed by atoms with Crippen molar-refractivity contribution < 1.29 is 24.3 Å². The monoisotopic (exact) mass is 521 g/mol. The maximum Gasteiger partial charge on any atom is 0.326 e. The van der Waals surface area contributed by atoms with Gasteiger partial charge in [0.15, 0.2) is 0 Å². The van der Waals surface area contributed by atoms with Crippen LogP contribution in [0.1, 0.15) is 31.4 Å². The summed E-state index contributed by atoms with van der Waals surface area (Å²) in [5, 5.41) is 18.0. The topological polar surface area (TPSA) is 166 Å². The number of aromatic nitrogens is 1. The molecule has 3 aromatic rings. The minimum Gasteiger partial charge on any atom is -0.480 e. The third-order valence-corrected chi connectivity index (χ3v) is 6.59. The number of nitrogens with one attached hydrogen (secondary N) is 4. The number of aromatic amines is 1. The van der Waals surface area contributed by atoms with Crippen LogP contribution in [0, 0.1) is 5.92 Å². The second-order valence-electron chi connectivity index (χ2n) is 9.41. The molecule has 3 amide bonds. The Morgan fingerprint density at radius 2 is 1.63 bits per heavy atom. The SMILES string of the molecule is CCC(C)C(NC(=O)CNC(=O)C(Cc1ccccc1)NC(=O)C(N)Cc1c[nH]c2ccccc12)C(=O)O. The molecule has 4 atom stereocenters. The van der Waals surface area contributed by atoms with Crippen LogP contribution in [0.15, 0.2) is 60.8 Å². The van der Waals surface area contributed by atoms with E-state index in [2.05, 4.69) is 20.9 Å². The van der Waals surface area contributed by atoms with Crippen molar-refractivity contribution in [1.82, 2.24) is 20.9 Å². The van der Waals surface area contributed by atoms with Gasteiger partial charge >= 0.3 is 5.97 Å². The molecular weight excluding hydrogens is 486 g/mol. The molecule has 0 bridgehead atoms. The zero-order valence-electron chi connectivity index (χ0n) is 21.6. The summed E-state index contributed by atoms with van der Waals surface area (Å²) in [5.74, 6) is -3.13. The van der Waals surface area contributed by atoms with Gasteiger partial charge in [-0.25, -0.2) is 4.79 Å². The van der Waals surface area contributed by atoms with Crippen molar-refractivity contribution in [1.29, 1.82) is 0 Å². The van der Waals surface area contributed by atoms with Crippen LogP contribution in [0.3, 0.4) is 0 Å². The maximum absolute atomic E-state index is 13.0. The highest BCUT2D eigenvalue weighted by molar-refractivity contribution is 5.93. The highest BCUT2D eigenvalue weighted by Crippen LogP contribution is 2.19. The van der Waals surface area contributed by atoms with E-state index in [0.29, 0.717) is 6.42 Å². The summed E-state index contributed by atoms with van der Waals surface area (Å²) < 4.78 is 0. The number of amides is 3. The van der Waals surface area contributed by atoms with Gasteiger partial charge in [0.1, 0.15) is 12.1 Å². The Kier molecular flexibility index (Phi) is 10.0. The lowest BCUT2D eigenvalue weighted by Crippen LogP contribution is -2.55. The molecule has 3 rings (SSSR count). The van der Waals surface area contributed by atoms with Gasteiger partial charge in [0.25, 0.3) is 0 Å². The number of aliphatic carboxylic acids is 1. The average Bonchev–Trinajstić information content (AvgIpc) is 3.32. The first-order chi connectivity index (χ1) is 18.2. The van der Waals surface area contributed by atoms with Gasteiger partial charge in [0.2, 0.25) is 17.7 Å². The second-order valence-corrected chi connectivity index (χ2v) is 9.41. The summed E-state index contributed by atoms with van der Waals surface area (Å²) in [7, 11) is 0. The molecule has 38 heavy (non-hydrogen) atoms. The van der Waals surface area contributed by atoms with Crippen LogP contribution in [0.2, 0.25) is 0 Å². The van der Waals surface area contributed by atoms with Crippen LogP contribution in [0.5, 0.6) is 0 Å². The number of carboxylic acids is 1. The van der Waals surface area contributed by atoms with E-state index in [1.54, 1.807) is 6.92 Å². The van der Waals surface area contributed by atoms with Gasteiger partial charge in [-0.2, -0.15) is 0 Å². The normalized spacial score (nSPS) is 14.2. The summed E-state index contributed by atoms with van der Waals surface area (Å²) in [4.78, 5) is 53.1. The van der Waals surface area contributed by atoms with Crippen molar-refractivity contribution >= 4 is 34.6 Å². The zero-order chi connectivity index (χ0) is 27.7. The van der Waals surface area contributed by atoms with Crippen molar-refractivity contribution in [3.63, 3.8) is 0 Å². The lowest BCUT2D eigenvalue weighted by Gasteiger charge is -2.22. The van der Waals surface area contributed by atoms with Crippen molar-refractivity contribution in [2.45, 2.75) is 51.2 Å². The van der Waals surface area contributed by atoms with E-state index in [1.165, 1.54) is 0 Å². The molecule has 0 aliphatic rings. The molecule has 0 spiro atoms. The van der Waals surface area contributed by atoms with Gasteiger partial charge in [0.05, 0.1) is 12.6 Å². The predicted octanol–water partition coefficient (Wildman–Crippen LogP) is 1.50. The number of fused-ring (bicyclic) bond motifs is 1. The van der Waals surface area contributed by atoms with E-state index >= 15 is 0 Å². The third kappa shape index (κ3) is 7.66. The first kappa shape index (κ1) is 28.4. The smallest absolute Gasteiger partial charge is 0.326 e. The first-order valence-electron chi connectivity index (χ1n) is 12.6. The van der Waals surface area contributed by atoms with E-state index in [0.717, 1.165) is 22.0 Å². The Hall–Kier alpha value is -4.18. The Morgan fingerprint density at radius 1 is 0.947 bits per heavy atom. The number of carbonyl (C=O) groups is 4. The molecule has 0 fully saturated rings. The standard InChI is InChI=1S/C28H35N5O5/c1-3-17(2)25(28(37)38)33-24(34)16-31-27(36)23(13-18-9-5-4-6-10-18)32-26(35)21(29)14-19-15-30-22-12-8-7-11-20(19)22/h4-12,15,17,21,23,25,30H,3,13-14,16,29H2,1-2H3,(H,31,36)(H,32,35)(H,33,34)(H,37,38). The van der Waals surface area contributed by atoms with Gasteiger partial charge in [-0.1, -0.05) is 68.8 Å². The van der Waals surface area contributed by atoms with Crippen molar-refractivity contribution in [3.05, 3.63) is 71.9 Å². The molecule has 0 aliphatic carbocycles. The number of benzene rings is 2. The Balaban J connectivity index is 1.65. The number of H-pyrrole nitrogens is 1. The highest BCUT2D eigenvalue weighted by atomic mass is 16.4. The van der Waals surface area contributed by atoms with Gasteiger partial charge in [-0.15, -0.1) is 0 Å². The van der Waals surface area contributed by atoms with Crippen molar-refractivity contribution in [3.8, 4) is 0 Å². The summed E-state index contributed by atoms with van der Waals surface area (Å²) in [5.41, 5.74) is 8.85. The first-order valence-corrected chi connectivity index (χ1v) is 12.6. The maximum atomic E-state index is 13.0. The van der Waals surface area contributed by atoms with Gasteiger partial charge in [-0.05, 0) is 29.5 Å². The molecule has 7 N–H and O–H groups in total. The van der Waals surface area contributed by atoms with Crippen LogP contribution in [-0.2, 0) is 32.0 Å². The van der Waals surface area contributed by atoms with E-state index < -0.39 is 48.4 Å². The summed E-state index contributed by atoms with van der Waals surface area (Å²) in [6.45, 7) is 3.12. The Bertz CT molecular complexity index is 1260. The largest absolute Gasteiger partial charge is 0.480 e. The number of carbonyl (C=O) groups excluding carboxylic acids is 3. The van der Waals surface area contributed by atoms with Gasteiger partial charge in [-0.3, -0.25) is 14.4 Å². The summed E-state index contributed by atoms with van der Waals surface area (Å²) in [6, 6.07) is 13.9. The van der Waals surface area contributed by atoms with Crippen LogP contribution in [-0.4, -0.2) is 58.5 Å². The number of rotatable bonds is 13. The fraction of sp³-hybridized carbons (Fsp3) is 0.357. The van der Waals surface area contributed by atoms with E-state index in [4.69, 9.17) is 5.73 Å². The van der Waals surface area contributed by atoms with Crippen LogP contribution in [0.4, 0.5) is 0 Å². The van der Waals surface area contributed by atoms with Crippen LogP contribution >= 0.6 is 0 Å². The molecule has 0 radical (unpaired) electrons. The quantitative estimate of drug-likeness (QED) is 0.199. The zero-order valence-corrected chi connectivity index (χ0v) is 21.6. The van der Waals surface area contributed by atoms with Crippen LogP contribution in [0.25, 0.3) is 10.9 Å². The molecule has 2 aromatic carbocycles. The molecule has 0 saturated carbocycles. The van der Waals surface area contributed by atoms with Gasteiger partial charge < -0.3 is 31.8 Å². The van der Waals surface area contributed by atoms with E-state index in [1.807, 2.05) is 67.7 Å². The van der Waals surface area contributed by atoms with Gasteiger partial charge in [0, 0.05) is 23.5 Å². The molecule has 0 aliphatic heterocycles. The minimum absolute atomic E-state index is 0.185. The molecule has 1 aromatic heterocycles. The lowest BCUT2D eigenvalue weighted by atomic mass is 9.99. The minimum atomic E-state index is -1.14. The molecule has 10 heteroatoms. The number of hydrogen-bond acceptors (Lipinski definition) is 5. The fourth-order valence-corrected chi connectivity index (χ4v) is 4.17. The Labute approximate surface area is 221 Å². The molecular formula is C28H35N5O5. The number of hydrogen-bond donors (Lipinski definition) is 6. The third-order valence-electron chi connectivity index (χ3n) is 6.59. The van der Waals surface area contributed by atoms with Crippen molar-refractivity contribution in [2.24, 2.45) is 11.7 Å². The fourth-order valence-electron chi connectivity index (χ4n) is 4.17. The van der Waals surface area contributed by atoms with Crippen molar-refractivity contribution in [2.75, 3.05) is 6.54 Å². The average molecular weight is 522 g/mol. The molecule has 4 unspecified atom stereocenters. The number of nitrogens with two attached hydrogens (primary N) is 1. The second kappa shape index (κ2) is 13.4. The summed E-state index contributed by atoms with van der Waals surface area (Å²) in [6.07, 6.45) is 2.83. The summed E-state index contributed by atoms with van der Waals surface area (Å²) >= 11 is 0. The Morgan fingerprint density at radius 3 is 2.32 bits per heavy atom. The van der Waals surface area contributed by atoms with Crippen LogP contribution < -0.4 is 21.7 Å².